The van der Waals surface area contributed by atoms with E-state index in [0.29, 0.717) is 53.6 Å². The summed E-state index contributed by atoms with van der Waals surface area (Å²) in [6, 6.07) is 5.82. The van der Waals surface area contributed by atoms with Gasteiger partial charge < -0.3 is 20.3 Å². The van der Waals surface area contributed by atoms with Gasteiger partial charge in [-0.1, -0.05) is 0 Å². The zero-order chi connectivity index (χ0) is 30.8. The number of hydrogen-bond acceptors (Lipinski definition) is 8. The van der Waals surface area contributed by atoms with Gasteiger partial charge in [-0.25, -0.2) is 0 Å². The third-order valence-electron chi connectivity index (χ3n) is 8.86. The molecule has 2 aromatic rings. The quantitative estimate of drug-likeness (QED) is 0.340. The van der Waals surface area contributed by atoms with E-state index in [9.17, 15) is 22.8 Å². The lowest BCUT2D eigenvalue weighted by Crippen LogP contribution is -2.54. The van der Waals surface area contributed by atoms with Crippen LogP contribution in [0.4, 0.5) is 19.0 Å². The first-order chi connectivity index (χ1) is 21.0. The first-order valence-electron chi connectivity index (χ1n) is 14.5. The van der Waals surface area contributed by atoms with Crippen molar-refractivity contribution in [3.8, 4) is 5.75 Å². The average molecular weight is 611 g/mol. The molecule has 0 spiro atoms. The third kappa shape index (κ3) is 4.80. The van der Waals surface area contributed by atoms with Crippen molar-refractivity contribution < 1.29 is 32.1 Å². The molecular formula is C29H31F3N9O3+. The molecule has 230 valence electrons. The minimum Gasteiger partial charge on any atom is -0.487 e. The number of aliphatic imine (C=N–C) groups is 2. The molecule has 3 atom stereocenters. The average Bonchev–Trinajstić information content (AvgIpc) is 3.62. The molecule has 1 aromatic heterocycles. The molecule has 12 nitrogen and oxygen atoms in total. The van der Waals surface area contributed by atoms with E-state index < -0.39 is 17.8 Å². The van der Waals surface area contributed by atoms with Gasteiger partial charge in [-0.3, -0.25) is 19.3 Å². The maximum absolute atomic E-state index is 13.2. The van der Waals surface area contributed by atoms with Crippen LogP contribution in [0, 0.1) is 5.92 Å². The van der Waals surface area contributed by atoms with Gasteiger partial charge in [0.25, 0.3) is 11.7 Å². The molecule has 0 radical (unpaired) electrons. The number of nitrogens with zero attached hydrogens (tertiary/aromatic N) is 6. The highest BCUT2D eigenvalue weighted by molar-refractivity contribution is 6.07. The van der Waals surface area contributed by atoms with E-state index >= 15 is 0 Å². The summed E-state index contributed by atoms with van der Waals surface area (Å²) in [5.41, 5.74) is 1.20. The van der Waals surface area contributed by atoms with E-state index in [2.05, 4.69) is 20.7 Å². The van der Waals surface area contributed by atoms with Gasteiger partial charge in [-0.15, -0.1) is 4.59 Å². The van der Waals surface area contributed by atoms with Crippen LogP contribution >= 0.6 is 0 Å². The summed E-state index contributed by atoms with van der Waals surface area (Å²) in [6.07, 6.45) is 3.45. The lowest BCUT2D eigenvalue weighted by Gasteiger charge is -2.35. The zero-order valence-corrected chi connectivity index (χ0v) is 23.8. The number of nitrogens with two attached hydrogens (primary N) is 1. The first-order valence-corrected chi connectivity index (χ1v) is 14.5. The number of aryl methyl sites for hydroxylation is 1. The number of carbonyl (C=O) groups is 2. The number of piperidine rings is 1. The second-order valence-electron chi connectivity index (χ2n) is 11.7. The van der Waals surface area contributed by atoms with E-state index in [1.165, 1.54) is 0 Å². The van der Waals surface area contributed by atoms with E-state index in [-0.39, 0.29) is 39.9 Å². The second-order valence-corrected chi connectivity index (χ2v) is 11.7. The number of allylic oxidation sites excluding steroid dienone is 1. The van der Waals surface area contributed by atoms with Crippen LogP contribution in [-0.4, -0.2) is 74.9 Å². The largest absolute Gasteiger partial charge is 0.487 e. The summed E-state index contributed by atoms with van der Waals surface area (Å²) in [5.74, 6) is 7.10. The van der Waals surface area contributed by atoms with Crippen LogP contribution in [-0.2, 0) is 18.0 Å². The fourth-order valence-corrected chi connectivity index (χ4v) is 6.43. The topological polar surface area (TPSA) is 139 Å². The summed E-state index contributed by atoms with van der Waals surface area (Å²) in [4.78, 5) is 37.1. The molecule has 4 N–H and O–H groups in total. The van der Waals surface area contributed by atoms with Crippen molar-refractivity contribution in [1.29, 1.82) is 0 Å². The molecule has 0 bridgehead atoms. The molecule has 6 heterocycles. The van der Waals surface area contributed by atoms with Gasteiger partial charge in [-0.05, 0) is 37.5 Å². The molecule has 0 saturated carbocycles. The van der Waals surface area contributed by atoms with Crippen LogP contribution in [0.1, 0.15) is 47.3 Å². The van der Waals surface area contributed by atoms with Crippen molar-refractivity contribution in [2.75, 3.05) is 25.0 Å². The van der Waals surface area contributed by atoms with Gasteiger partial charge in [0.15, 0.2) is 5.82 Å². The highest BCUT2D eigenvalue weighted by Gasteiger charge is 2.49. The van der Waals surface area contributed by atoms with Crippen LogP contribution in [0.25, 0.3) is 0 Å². The van der Waals surface area contributed by atoms with Crippen LogP contribution < -0.4 is 21.2 Å². The molecule has 0 aliphatic carbocycles. The fraction of sp³-hybridized carbons (Fsp3) is 0.414. The number of hydrogen-bond donors (Lipinski definition) is 3. The molecule has 2 amide bonds. The van der Waals surface area contributed by atoms with E-state index in [1.807, 2.05) is 4.90 Å². The lowest BCUT2D eigenvalue weighted by atomic mass is 9.90. The highest BCUT2D eigenvalue weighted by Crippen LogP contribution is 2.42. The first kappa shape index (κ1) is 28.4. The predicted molar refractivity (Wildman–Crippen MR) is 153 cm³/mol. The van der Waals surface area contributed by atoms with Gasteiger partial charge in [0.2, 0.25) is 11.6 Å². The Kier molecular flexibility index (Phi) is 6.71. The third-order valence-corrected chi connectivity index (χ3v) is 8.86. The maximum atomic E-state index is 13.2. The number of benzene rings is 1. The molecule has 1 aromatic carbocycles. The zero-order valence-electron chi connectivity index (χ0n) is 23.8. The Morgan fingerprint density at radius 2 is 2.02 bits per heavy atom. The lowest BCUT2D eigenvalue weighted by molar-refractivity contribution is -0.750. The number of amides is 2. The molecule has 5 aliphatic heterocycles. The summed E-state index contributed by atoms with van der Waals surface area (Å²) >= 11 is 0. The van der Waals surface area contributed by atoms with Crippen LogP contribution in [0.2, 0.25) is 0 Å². The Morgan fingerprint density at radius 1 is 1.20 bits per heavy atom. The Hall–Kier alpha value is -4.34. The number of aromatic nitrogens is 2. The number of nitrogens with one attached hydrogen (secondary N) is 2. The van der Waals surface area contributed by atoms with Crippen molar-refractivity contribution in [2.24, 2.45) is 28.8 Å². The highest BCUT2D eigenvalue weighted by atomic mass is 19.4. The number of carbonyl (C=O) groups excluding carboxylic acids is 2. The van der Waals surface area contributed by atoms with Gasteiger partial charge in [0.1, 0.15) is 35.0 Å². The molecule has 15 heteroatoms. The minimum absolute atomic E-state index is 0.0231. The van der Waals surface area contributed by atoms with Crippen LogP contribution in [0.15, 0.2) is 58.0 Å². The van der Waals surface area contributed by atoms with Crippen molar-refractivity contribution in [3.05, 3.63) is 64.9 Å². The smallest absolute Gasteiger partial charge is 0.433 e. The van der Waals surface area contributed by atoms with Gasteiger partial charge >= 0.3 is 6.18 Å². The number of amidine groups is 1. The Bertz CT molecular complexity index is 1670. The van der Waals surface area contributed by atoms with Crippen molar-refractivity contribution in [2.45, 2.75) is 44.0 Å². The van der Waals surface area contributed by atoms with Gasteiger partial charge in [-0.2, -0.15) is 29.1 Å². The number of anilines is 1. The van der Waals surface area contributed by atoms with Crippen molar-refractivity contribution in [3.63, 3.8) is 0 Å². The number of rotatable bonds is 6. The summed E-state index contributed by atoms with van der Waals surface area (Å²) in [7, 11) is 1.16. The Labute approximate surface area is 250 Å². The monoisotopic (exact) mass is 610 g/mol. The molecule has 7 rings (SSSR count). The molecule has 1 unspecified atom stereocenters. The van der Waals surface area contributed by atoms with E-state index in [1.54, 1.807) is 36.8 Å². The second kappa shape index (κ2) is 10.4. The van der Waals surface area contributed by atoms with E-state index in [0.717, 1.165) is 38.1 Å². The number of halogens is 3. The van der Waals surface area contributed by atoms with Gasteiger partial charge in [0.05, 0.1) is 12.4 Å². The molecule has 3 saturated heterocycles. The standard InChI is InChI=1S/C29H30F3N9O3/c1-39-23(29(30,31)32)11-24(38-39)36-28(43)16-3-6-20(22(10-16)44-19-12-35-13-19)27-37-26(21-14-34-8-9-41(21,27)33)17-2-4-18-5-7-25(42)40(18)15-17/h3,6,8-11,14,17-19,35H,2,4-5,7,12-13,15,33H2,1H3/p+1/t17-,18+,41?/m1/s1. The SMILES string of the molecule is Cn1nc(NC(=O)c2ccc(C3=NC([C@@H]4CC[C@H]5CCC(=O)N5C4)=C4C=NC=C[N+]34N)c(OC3CNC3)c2)cc1C(F)(F)F. The van der Waals surface area contributed by atoms with Crippen LogP contribution in [0.5, 0.6) is 5.75 Å². The van der Waals surface area contributed by atoms with Crippen LogP contribution in [0.3, 0.4) is 0 Å². The Balaban J connectivity index is 1.22. The molecule has 44 heavy (non-hydrogen) atoms. The predicted octanol–water partition coefficient (Wildman–Crippen LogP) is 2.66. The number of quaternary nitrogens is 1. The summed E-state index contributed by atoms with van der Waals surface area (Å²) in [5, 5.41) is 9.38. The Morgan fingerprint density at radius 3 is 2.75 bits per heavy atom. The number of fused-ring (bicyclic) bond motifs is 2. The fourth-order valence-electron chi connectivity index (χ4n) is 6.43. The number of ether oxygens (including phenoxy) is 1. The normalized spacial score (nSPS) is 26.4. The number of alkyl halides is 3. The van der Waals surface area contributed by atoms with Gasteiger partial charge in [0, 0.05) is 56.7 Å². The van der Waals surface area contributed by atoms with Crippen molar-refractivity contribution in [1.82, 2.24) is 20.0 Å². The maximum Gasteiger partial charge on any atom is 0.433 e. The molecular weight excluding hydrogens is 579 g/mol. The van der Waals surface area contributed by atoms with E-state index in [4.69, 9.17) is 15.6 Å². The molecule has 3 fully saturated rings. The minimum atomic E-state index is -4.62. The summed E-state index contributed by atoms with van der Waals surface area (Å²) < 4.78 is 46.4. The summed E-state index contributed by atoms with van der Waals surface area (Å²) in [6.45, 7) is 1.78. The molecule has 5 aliphatic rings. The van der Waals surface area contributed by atoms with Crippen molar-refractivity contribution >= 4 is 29.7 Å².